The Morgan fingerprint density at radius 2 is 1.21 bits per heavy atom. The summed E-state index contributed by atoms with van der Waals surface area (Å²) >= 11 is 0. The van der Waals surface area contributed by atoms with Gasteiger partial charge in [0.05, 0.1) is 0 Å². The second kappa shape index (κ2) is 14.2. The summed E-state index contributed by atoms with van der Waals surface area (Å²) in [5.41, 5.74) is 7.96. The first-order chi connectivity index (χ1) is 17.0. The molecule has 190 valence electrons. The predicted molar refractivity (Wildman–Crippen MR) is 158 cm³/mol. The minimum atomic E-state index is -0.324. The van der Waals surface area contributed by atoms with Crippen LogP contribution in [0.3, 0.4) is 0 Å². The second-order valence-corrected chi connectivity index (χ2v) is 12.5. The molecule has 0 fully saturated rings. The van der Waals surface area contributed by atoms with Crippen molar-refractivity contribution in [1.29, 1.82) is 0 Å². The molecule has 0 amide bonds. The molecule has 0 spiro atoms. The third kappa shape index (κ3) is 7.44. The second-order valence-electron chi connectivity index (χ2n) is 9.85. The number of halogens is 2. The molecule has 0 unspecified atom stereocenters. The molecule has 0 bridgehead atoms. The van der Waals surface area contributed by atoms with Crippen LogP contribution in [0.2, 0.25) is 13.1 Å². The van der Waals surface area contributed by atoms with E-state index in [9.17, 15) is 0 Å². The van der Waals surface area contributed by atoms with Gasteiger partial charge < -0.3 is 24.8 Å². The van der Waals surface area contributed by atoms with Gasteiger partial charge in [0.15, 0.2) is 0 Å². The molecule has 38 heavy (non-hydrogen) atoms. The zero-order valence-corrected chi connectivity index (χ0v) is 26.4. The first-order valence-electron chi connectivity index (χ1n) is 12.4. The Kier molecular flexibility index (Phi) is 12.0. The summed E-state index contributed by atoms with van der Waals surface area (Å²) in [7, 11) is -0.324. The molecule has 1 aliphatic rings. The number of allylic oxidation sites excluding steroid dienone is 4. The number of benzene rings is 3. The van der Waals surface area contributed by atoms with Gasteiger partial charge in [-0.2, -0.15) is 12.1 Å². The van der Waals surface area contributed by atoms with Crippen LogP contribution < -0.4 is 24.8 Å². The fraction of sp³-hybridized carbons (Fsp3) is 0.147. The number of hydrogen-bond acceptors (Lipinski definition) is 0. The average Bonchev–Trinajstić information content (AvgIpc) is 3.44. The average molecular weight is 587 g/mol. The van der Waals surface area contributed by atoms with Crippen LogP contribution >= 0.6 is 0 Å². The van der Waals surface area contributed by atoms with Crippen LogP contribution in [0.25, 0.3) is 38.2 Å². The van der Waals surface area contributed by atoms with E-state index in [1.165, 1.54) is 54.9 Å². The van der Waals surface area contributed by atoms with E-state index in [0.29, 0.717) is 0 Å². The van der Waals surface area contributed by atoms with Crippen LogP contribution in [-0.2, 0) is 21.7 Å². The summed E-state index contributed by atoms with van der Waals surface area (Å²) in [6.07, 6.45) is 8.13. The molecule has 0 aromatic heterocycles. The van der Waals surface area contributed by atoms with E-state index in [1.54, 1.807) is 5.17 Å². The van der Waals surface area contributed by atoms with Crippen molar-refractivity contribution < 1.29 is 46.5 Å². The van der Waals surface area contributed by atoms with E-state index in [-0.39, 0.29) is 54.9 Å². The molecule has 0 saturated heterocycles. The monoisotopic (exact) mass is 586 g/mol. The Balaban J connectivity index is 0.000000250. The standard InChI is InChI=1S/C18H19Si.C16H13.2ClH.Ti/c1-13-9-15-7-8-16(11-17(15)10-13)14-5-4-6-18(12-14)19(2)3;1-12-9-14-7-8-15(11-16(14)10-12)13-5-3-2-4-6-13;;;/h4-5,7-12H,6H2,1-3H3;2-11H,1H3;2*1H;/q2*-1;;;+4/p-2. The summed E-state index contributed by atoms with van der Waals surface area (Å²) in [5, 5.41) is 6.99. The maximum absolute atomic E-state index is 2.41. The van der Waals surface area contributed by atoms with Crippen LogP contribution in [0, 0.1) is 13.8 Å². The number of fused-ring (bicyclic) bond motifs is 2. The van der Waals surface area contributed by atoms with Gasteiger partial charge in [-0.15, -0.1) is 56.9 Å². The zero-order valence-electron chi connectivity index (χ0n) is 22.4. The maximum Gasteiger partial charge on any atom is 4.00 e. The summed E-state index contributed by atoms with van der Waals surface area (Å²) in [4.78, 5) is 0. The van der Waals surface area contributed by atoms with Crippen molar-refractivity contribution in [3.63, 3.8) is 0 Å². The van der Waals surface area contributed by atoms with Gasteiger partial charge in [0.1, 0.15) is 0 Å². The summed E-state index contributed by atoms with van der Waals surface area (Å²) in [6.45, 7) is 9.05. The van der Waals surface area contributed by atoms with E-state index < -0.39 is 0 Å². The molecule has 0 saturated carbocycles. The largest absolute Gasteiger partial charge is 4.00 e. The Morgan fingerprint density at radius 3 is 1.79 bits per heavy atom. The Morgan fingerprint density at radius 1 is 0.658 bits per heavy atom. The van der Waals surface area contributed by atoms with Crippen molar-refractivity contribution in [3.05, 3.63) is 126 Å². The van der Waals surface area contributed by atoms with E-state index in [2.05, 4.69) is 136 Å². The Hall–Kier alpha value is -2.26. The van der Waals surface area contributed by atoms with Gasteiger partial charge in [0.2, 0.25) is 0 Å². The molecule has 5 aromatic carbocycles. The molecular weight excluding hydrogens is 555 g/mol. The minimum absolute atomic E-state index is 0. The molecule has 0 atom stereocenters. The fourth-order valence-electron chi connectivity index (χ4n) is 4.85. The molecule has 0 nitrogen and oxygen atoms in total. The molecule has 0 radical (unpaired) electrons. The van der Waals surface area contributed by atoms with Crippen LogP contribution in [0.1, 0.15) is 23.1 Å². The van der Waals surface area contributed by atoms with E-state index >= 15 is 0 Å². The smallest absolute Gasteiger partial charge is 1.00 e. The van der Waals surface area contributed by atoms with Crippen molar-refractivity contribution in [2.45, 2.75) is 33.4 Å². The first-order valence-corrected chi connectivity index (χ1v) is 14.9. The van der Waals surface area contributed by atoms with Gasteiger partial charge >= 0.3 is 21.7 Å². The number of hydrogen-bond donors (Lipinski definition) is 0. The molecule has 4 heteroatoms. The molecule has 6 rings (SSSR count). The third-order valence-corrected chi connectivity index (χ3v) is 8.39. The maximum atomic E-state index is 2.41. The van der Waals surface area contributed by atoms with Crippen molar-refractivity contribution >= 4 is 40.7 Å². The molecule has 0 heterocycles. The molecule has 0 N–H and O–H groups in total. The van der Waals surface area contributed by atoms with Crippen molar-refractivity contribution in [2.75, 3.05) is 0 Å². The van der Waals surface area contributed by atoms with Crippen LogP contribution in [0.15, 0.2) is 109 Å². The van der Waals surface area contributed by atoms with Gasteiger partial charge in [0.25, 0.3) is 0 Å². The number of rotatable bonds is 2. The van der Waals surface area contributed by atoms with Gasteiger partial charge in [0, 0.05) is 8.41 Å². The molecule has 1 aliphatic carbocycles. The van der Waals surface area contributed by atoms with Crippen molar-refractivity contribution in [2.24, 2.45) is 0 Å². The zero-order chi connectivity index (χ0) is 24.4. The van der Waals surface area contributed by atoms with E-state index in [4.69, 9.17) is 0 Å². The Labute approximate surface area is 256 Å². The van der Waals surface area contributed by atoms with E-state index in [1.807, 2.05) is 0 Å². The normalized spacial score (nSPS) is 12.0. The Bertz CT molecular complexity index is 1600. The van der Waals surface area contributed by atoms with Gasteiger partial charge in [-0.25, -0.2) is 0 Å². The van der Waals surface area contributed by atoms with Gasteiger partial charge in [-0.3, -0.25) is 0 Å². The SMILES string of the molecule is Cc1cc2cc(-c3ccccc3)ccc2[cH-]1.Cc1cc2cc(C3=CC(=[Si](C)C)CC=C3)ccc2[cH-]1.[Cl-].[Cl-].[Ti+4]. The topological polar surface area (TPSA) is 0 Å². The van der Waals surface area contributed by atoms with E-state index in [0.717, 1.165) is 6.42 Å². The summed E-state index contributed by atoms with van der Waals surface area (Å²) < 4.78 is 0. The summed E-state index contributed by atoms with van der Waals surface area (Å²) in [5.74, 6) is 0. The molecular formula is C34H32Cl2SiTi. The summed E-state index contributed by atoms with van der Waals surface area (Å²) in [6, 6.07) is 33.0. The minimum Gasteiger partial charge on any atom is -1.00 e. The number of aryl methyl sites for hydroxylation is 2. The third-order valence-electron chi connectivity index (χ3n) is 6.75. The van der Waals surface area contributed by atoms with Crippen LogP contribution in [0.4, 0.5) is 0 Å². The quantitative estimate of drug-likeness (QED) is 0.220. The first kappa shape index (κ1) is 32.0. The van der Waals surface area contributed by atoms with Gasteiger partial charge in [-0.1, -0.05) is 105 Å². The van der Waals surface area contributed by atoms with Crippen LogP contribution in [-0.4, -0.2) is 13.6 Å². The van der Waals surface area contributed by atoms with Crippen molar-refractivity contribution in [3.8, 4) is 11.1 Å². The van der Waals surface area contributed by atoms with Crippen molar-refractivity contribution in [1.82, 2.24) is 0 Å². The van der Waals surface area contributed by atoms with Crippen LogP contribution in [0.5, 0.6) is 0 Å². The molecule has 0 aliphatic heterocycles. The predicted octanol–water partition coefficient (Wildman–Crippen LogP) is 3.26. The molecule has 5 aromatic rings. The fourth-order valence-corrected chi connectivity index (χ4v) is 5.82. The van der Waals surface area contributed by atoms with Gasteiger partial charge in [-0.05, 0) is 28.7 Å².